The van der Waals surface area contributed by atoms with Gasteiger partial charge in [0.05, 0.1) is 24.1 Å². The van der Waals surface area contributed by atoms with Crippen molar-refractivity contribution in [2.45, 2.75) is 27.4 Å². The monoisotopic (exact) mass is 423 g/mol. The van der Waals surface area contributed by atoms with Crippen LogP contribution >= 0.6 is 0 Å². The molecule has 0 bridgehead atoms. The van der Waals surface area contributed by atoms with Crippen LogP contribution in [0.3, 0.4) is 0 Å². The second-order valence-electron chi connectivity index (χ2n) is 7.14. The number of anilines is 1. The number of benzene rings is 1. The fourth-order valence-corrected chi connectivity index (χ4v) is 2.97. The lowest BCUT2D eigenvalue weighted by Crippen LogP contribution is -2.18. The van der Waals surface area contributed by atoms with Gasteiger partial charge in [0, 0.05) is 25.4 Å². The summed E-state index contributed by atoms with van der Waals surface area (Å²) in [6, 6.07) is 6.87. The van der Waals surface area contributed by atoms with Gasteiger partial charge in [0.2, 0.25) is 5.91 Å². The molecule has 0 atom stereocenters. The summed E-state index contributed by atoms with van der Waals surface area (Å²) in [6.45, 7) is 5.79. The van der Waals surface area contributed by atoms with Crippen molar-refractivity contribution in [2.24, 2.45) is 7.05 Å². The van der Waals surface area contributed by atoms with Gasteiger partial charge in [-0.1, -0.05) is 11.2 Å². The fraction of sp³-hybridized carbons (Fsp3) is 0.261. The first-order valence-corrected chi connectivity index (χ1v) is 9.67. The molecule has 8 heteroatoms. The molecule has 3 rings (SSSR count). The minimum absolute atomic E-state index is 0.130. The van der Waals surface area contributed by atoms with Crippen LogP contribution in [0.2, 0.25) is 0 Å². The lowest BCUT2D eigenvalue weighted by atomic mass is 10.1. The number of amides is 1. The highest BCUT2D eigenvalue weighted by atomic mass is 16.5. The molecule has 0 saturated heterocycles. The lowest BCUT2D eigenvalue weighted by Gasteiger charge is -2.11. The largest absolute Gasteiger partial charge is 0.493 e. The standard InChI is InChI=1S/C23H25N3O5/c1-14-10-23(28)26(4)12-19(14)24-22(27)9-7-17-6-8-20(21(11-17)29-5)30-13-18-15(2)25-31-16(18)3/h6-12H,13H2,1-5H3,(H,24,27)/b9-7+. The van der Waals surface area contributed by atoms with Crippen LogP contribution in [-0.2, 0) is 18.4 Å². The Morgan fingerprint density at radius 1 is 1.23 bits per heavy atom. The predicted octanol–water partition coefficient (Wildman–Crippen LogP) is 3.54. The summed E-state index contributed by atoms with van der Waals surface area (Å²) in [6.07, 6.45) is 4.69. The predicted molar refractivity (Wildman–Crippen MR) is 117 cm³/mol. The zero-order valence-corrected chi connectivity index (χ0v) is 18.2. The number of ether oxygens (including phenoxy) is 2. The van der Waals surface area contributed by atoms with E-state index in [1.807, 2.05) is 19.9 Å². The van der Waals surface area contributed by atoms with Gasteiger partial charge in [0.1, 0.15) is 12.4 Å². The molecule has 1 N–H and O–H groups in total. The van der Waals surface area contributed by atoms with Gasteiger partial charge in [-0.05, 0) is 50.1 Å². The molecule has 3 aromatic rings. The van der Waals surface area contributed by atoms with Crippen LogP contribution in [0.1, 0.15) is 28.1 Å². The molecule has 1 amide bonds. The molecular weight excluding hydrogens is 398 g/mol. The van der Waals surface area contributed by atoms with Crippen LogP contribution in [-0.4, -0.2) is 22.7 Å². The number of nitrogens with zero attached hydrogens (tertiary/aromatic N) is 2. The van der Waals surface area contributed by atoms with E-state index >= 15 is 0 Å². The van der Waals surface area contributed by atoms with Gasteiger partial charge in [-0.15, -0.1) is 0 Å². The van der Waals surface area contributed by atoms with Crippen molar-refractivity contribution in [2.75, 3.05) is 12.4 Å². The zero-order valence-electron chi connectivity index (χ0n) is 18.2. The molecule has 162 valence electrons. The Morgan fingerprint density at radius 2 is 2.00 bits per heavy atom. The molecular formula is C23H25N3O5. The van der Waals surface area contributed by atoms with Gasteiger partial charge in [0.15, 0.2) is 11.5 Å². The Labute approximate surface area is 180 Å². The minimum atomic E-state index is -0.306. The highest BCUT2D eigenvalue weighted by Gasteiger charge is 2.12. The third kappa shape index (κ3) is 5.22. The molecule has 0 unspecified atom stereocenters. The maximum absolute atomic E-state index is 12.3. The van der Waals surface area contributed by atoms with E-state index in [9.17, 15) is 9.59 Å². The molecule has 8 nitrogen and oxygen atoms in total. The van der Waals surface area contributed by atoms with E-state index in [0.717, 1.165) is 22.6 Å². The van der Waals surface area contributed by atoms with Crippen molar-refractivity contribution in [3.05, 3.63) is 75.0 Å². The van der Waals surface area contributed by atoms with E-state index < -0.39 is 0 Å². The maximum Gasteiger partial charge on any atom is 0.250 e. The molecule has 0 saturated carbocycles. The summed E-state index contributed by atoms with van der Waals surface area (Å²) in [4.78, 5) is 23.9. The second kappa shape index (κ2) is 9.34. The van der Waals surface area contributed by atoms with Crippen LogP contribution in [0.15, 0.2) is 45.9 Å². The Balaban J connectivity index is 1.69. The van der Waals surface area contributed by atoms with Crippen molar-refractivity contribution < 1.29 is 18.8 Å². The van der Waals surface area contributed by atoms with E-state index in [0.29, 0.717) is 29.4 Å². The Hall–Kier alpha value is -3.81. The topological polar surface area (TPSA) is 95.6 Å². The number of rotatable bonds is 7. The van der Waals surface area contributed by atoms with Crippen molar-refractivity contribution in [3.63, 3.8) is 0 Å². The first-order valence-electron chi connectivity index (χ1n) is 9.67. The molecule has 0 radical (unpaired) electrons. The lowest BCUT2D eigenvalue weighted by molar-refractivity contribution is -0.111. The second-order valence-corrected chi connectivity index (χ2v) is 7.14. The molecule has 0 aliphatic heterocycles. The normalized spacial score (nSPS) is 11.0. The van der Waals surface area contributed by atoms with Crippen molar-refractivity contribution >= 4 is 17.7 Å². The molecule has 31 heavy (non-hydrogen) atoms. The van der Waals surface area contributed by atoms with Crippen molar-refractivity contribution in [1.29, 1.82) is 0 Å². The van der Waals surface area contributed by atoms with Crippen molar-refractivity contribution in [3.8, 4) is 11.5 Å². The van der Waals surface area contributed by atoms with E-state index in [-0.39, 0.29) is 11.5 Å². The van der Waals surface area contributed by atoms with Gasteiger partial charge < -0.3 is 23.9 Å². The number of nitrogens with one attached hydrogen (secondary N) is 1. The van der Waals surface area contributed by atoms with E-state index in [1.165, 1.54) is 16.7 Å². The van der Waals surface area contributed by atoms with Crippen LogP contribution in [0.5, 0.6) is 11.5 Å². The Kier molecular flexibility index (Phi) is 6.59. The van der Waals surface area contributed by atoms with Gasteiger partial charge in [-0.3, -0.25) is 9.59 Å². The highest BCUT2D eigenvalue weighted by molar-refractivity contribution is 6.02. The third-order valence-electron chi connectivity index (χ3n) is 4.86. The summed E-state index contributed by atoms with van der Waals surface area (Å²) in [7, 11) is 3.19. The molecule has 0 fully saturated rings. The molecule has 0 spiro atoms. The summed E-state index contributed by atoms with van der Waals surface area (Å²) in [5, 5.41) is 6.70. The smallest absolute Gasteiger partial charge is 0.250 e. The first kappa shape index (κ1) is 21.9. The maximum atomic E-state index is 12.3. The first-order chi connectivity index (χ1) is 14.8. The number of aryl methyl sites for hydroxylation is 4. The molecule has 0 aliphatic carbocycles. The van der Waals surface area contributed by atoms with Gasteiger partial charge in [-0.25, -0.2) is 0 Å². The summed E-state index contributed by atoms with van der Waals surface area (Å²) >= 11 is 0. The number of pyridine rings is 1. The van der Waals surface area contributed by atoms with Gasteiger partial charge >= 0.3 is 0 Å². The van der Waals surface area contributed by atoms with E-state index in [1.54, 1.807) is 45.5 Å². The molecule has 1 aromatic carbocycles. The minimum Gasteiger partial charge on any atom is -0.493 e. The third-order valence-corrected chi connectivity index (χ3v) is 4.86. The average Bonchev–Trinajstić information content (AvgIpc) is 3.06. The van der Waals surface area contributed by atoms with Crippen molar-refractivity contribution in [1.82, 2.24) is 9.72 Å². The number of hydrogen-bond donors (Lipinski definition) is 1. The van der Waals surface area contributed by atoms with Gasteiger partial charge in [0.25, 0.3) is 5.56 Å². The SMILES string of the molecule is COc1cc(/C=C/C(=O)Nc2cn(C)c(=O)cc2C)ccc1OCc1c(C)noc1C. The van der Waals surface area contributed by atoms with Crippen LogP contribution in [0, 0.1) is 20.8 Å². The molecule has 2 heterocycles. The van der Waals surface area contributed by atoms with Crippen LogP contribution < -0.4 is 20.3 Å². The number of carbonyl (C=O) groups excluding carboxylic acids is 1. The highest BCUT2D eigenvalue weighted by Crippen LogP contribution is 2.30. The average molecular weight is 423 g/mol. The zero-order chi connectivity index (χ0) is 22.5. The van der Waals surface area contributed by atoms with Gasteiger partial charge in [-0.2, -0.15) is 0 Å². The Morgan fingerprint density at radius 3 is 2.68 bits per heavy atom. The molecule has 0 aliphatic rings. The molecule has 2 aromatic heterocycles. The van der Waals surface area contributed by atoms with Crippen LogP contribution in [0.4, 0.5) is 5.69 Å². The number of aromatic nitrogens is 2. The number of hydrogen-bond acceptors (Lipinski definition) is 6. The fourth-order valence-electron chi connectivity index (χ4n) is 2.97. The summed E-state index contributed by atoms with van der Waals surface area (Å²) < 4.78 is 17.9. The Bertz CT molecular complexity index is 1170. The number of methoxy groups -OCH3 is 1. The quantitative estimate of drug-likeness (QED) is 0.584. The number of carbonyl (C=O) groups is 1. The van der Waals surface area contributed by atoms with Crippen LogP contribution in [0.25, 0.3) is 6.08 Å². The summed E-state index contributed by atoms with van der Waals surface area (Å²) in [5.41, 5.74) is 3.61. The summed E-state index contributed by atoms with van der Waals surface area (Å²) in [5.74, 6) is 1.53. The van der Waals surface area contributed by atoms with E-state index in [2.05, 4.69) is 10.5 Å². The van der Waals surface area contributed by atoms with E-state index in [4.69, 9.17) is 14.0 Å².